The first-order valence-corrected chi connectivity index (χ1v) is 0.730. The van der Waals surface area contributed by atoms with Crippen LogP contribution in [0.15, 0.2) is 0 Å². The van der Waals surface area contributed by atoms with Gasteiger partial charge in [-0.25, -0.2) is 5.26 Å². The van der Waals surface area contributed by atoms with Crippen LogP contribution < -0.4 is 6.15 Å². The summed E-state index contributed by atoms with van der Waals surface area (Å²) in [6.45, 7) is 0. The molecule has 0 spiro atoms. The fourth-order valence-corrected chi connectivity index (χ4v) is 0. The summed E-state index contributed by atoms with van der Waals surface area (Å²) in [6, 6.07) is 0. The summed E-state index contributed by atoms with van der Waals surface area (Å²) in [6.07, 6.45) is 0. The van der Waals surface area contributed by atoms with Gasteiger partial charge in [-0.2, -0.15) is 0 Å². The minimum absolute atomic E-state index is 0. The van der Waals surface area contributed by atoms with Gasteiger partial charge in [-0.05, 0) is 0 Å². The molecule has 0 radical (unpaired) electrons. The molecule has 7 heteroatoms. The summed E-state index contributed by atoms with van der Waals surface area (Å²) in [5.74, 6) is 0. The van der Waals surface area contributed by atoms with Crippen LogP contribution in [0.3, 0.4) is 0 Å². The molecule has 46 valence electrons. The molecule has 0 aliphatic rings. The smallest absolute Gasteiger partial charge is 0.322 e. The van der Waals surface area contributed by atoms with Crippen LogP contribution in [0.4, 0.5) is 0 Å². The topological polar surface area (TPSA) is 139 Å². The van der Waals surface area contributed by atoms with Crippen LogP contribution in [0.25, 0.3) is 0 Å². The van der Waals surface area contributed by atoms with E-state index in [2.05, 4.69) is 4.99 Å². The van der Waals surface area contributed by atoms with Gasteiger partial charge in [0.2, 0.25) is 0 Å². The molecule has 0 heterocycles. The molecule has 0 bridgehead atoms. The first kappa shape index (κ1) is 16.5. The van der Waals surface area contributed by atoms with Crippen molar-refractivity contribution in [1.29, 1.82) is 0 Å². The van der Waals surface area contributed by atoms with Crippen molar-refractivity contribution in [3.05, 3.63) is 10.1 Å². The van der Waals surface area contributed by atoms with Gasteiger partial charge in [0.1, 0.15) is 0 Å². The lowest BCUT2D eigenvalue weighted by Gasteiger charge is -1.72. The van der Waals surface area contributed by atoms with Crippen molar-refractivity contribution in [2.75, 3.05) is 0 Å². The van der Waals surface area contributed by atoms with E-state index >= 15 is 0 Å². The maximum Gasteiger partial charge on any atom is 0.322 e. The Morgan fingerprint density at radius 1 is 1.71 bits per heavy atom. The van der Waals surface area contributed by atoms with Crippen molar-refractivity contribution >= 4 is 0 Å². The Morgan fingerprint density at radius 3 is 1.86 bits per heavy atom. The van der Waals surface area contributed by atoms with Crippen molar-refractivity contribution in [1.82, 2.24) is 6.15 Å². The van der Waals surface area contributed by atoms with Crippen molar-refractivity contribution in [2.24, 2.45) is 0 Å². The Morgan fingerprint density at radius 2 is 1.86 bits per heavy atom. The molecule has 0 aliphatic heterocycles. The van der Waals surface area contributed by atoms with Gasteiger partial charge in [-0.3, -0.25) is 0 Å². The molecule has 0 saturated heterocycles. The predicted octanol–water partition coefficient (Wildman–Crippen LogP) is -0.995. The summed E-state index contributed by atoms with van der Waals surface area (Å²) >= 11 is 0. The molecule has 0 aromatic carbocycles. The highest BCUT2D eigenvalue weighted by Gasteiger charge is 1.80. The van der Waals surface area contributed by atoms with E-state index in [4.69, 9.17) is 15.4 Å². The van der Waals surface area contributed by atoms with E-state index in [9.17, 15) is 0 Å². The van der Waals surface area contributed by atoms with Gasteiger partial charge < -0.3 is 11.6 Å². The largest absolute Gasteiger partial charge is 0.412 e. The van der Waals surface area contributed by atoms with E-state index in [-0.39, 0.29) is 11.6 Å². The Labute approximate surface area is 38.4 Å². The summed E-state index contributed by atoms with van der Waals surface area (Å²) in [5.41, 5.74) is 0. The number of hydrogen-bond donors (Lipinski definition) is 2. The molecule has 0 amide bonds. The van der Waals surface area contributed by atoms with Crippen molar-refractivity contribution in [3.8, 4) is 0 Å². The molecule has 0 aliphatic carbocycles. The maximum absolute atomic E-state index is 8.70. The second-order valence-electron chi connectivity index (χ2n) is 0.305. The average molecular weight is 114 g/mol. The molecular formula is H6N2O5. The van der Waals surface area contributed by atoms with Crippen molar-refractivity contribution < 1.29 is 20.8 Å². The molecule has 6 N–H and O–H groups in total. The SMILES string of the molecule is N.O.O=[N+]([O-])OO. The molecule has 7 nitrogen and oxygen atoms in total. The molecule has 0 atom stereocenters. The standard InChI is InChI=1S/HNO4.H3N.H2O/c2-1(3)5-4;;/h4H;1H3;1H2. The first-order valence-electron chi connectivity index (χ1n) is 0.730. The Kier molecular flexibility index (Phi) is 21.1. The van der Waals surface area contributed by atoms with E-state index in [1.807, 2.05) is 0 Å². The highest BCUT2D eigenvalue weighted by molar-refractivity contribution is 3.84. The molecular weight excluding hydrogens is 108 g/mol. The van der Waals surface area contributed by atoms with Crippen LogP contribution in [0, 0.1) is 10.1 Å². The molecule has 0 unspecified atom stereocenters. The fourth-order valence-electron chi connectivity index (χ4n) is 0. The van der Waals surface area contributed by atoms with E-state index in [1.165, 1.54) is 0 Å². The molecule has 0 fully saturated rings. The normalized spacial score (nSPS) is 4.71. The predicted molar refractivity (Wildman–Crippen MR) is 19.3 cm³/mol. The molecule has 0 saturated carbocycles. The third kappa shape index (κ3) is 41.3. The van der Waals surface area contributed by atoms with Crippen molar-refractivity contribution in [3.63, 3.8) is 0 Å². The lowest BCUT2D eigenvalue weighted by atomic mass is 13.1. The van der Waals surface area contributed by atoms with Crippen LogP contribution in [-0.4, -0.2) is 15.8 Å². The Balaban J connectivity index is -0.0000000800. The fraction of sp³-hybridized carbons (Fsp3) is 0. The summed E-state index contributed by atoms with van der Waals surface area (Å²) < 4.78 is 0. The minimum atomic E-state index is -1.32. The first-order chi connectivity index (χ1) is 2.27. The van der Waals surface area contributed by atoms with E-state index < -0.39 is 5.09 Å². The Bertz CT molecular complexity index is 41.3. The number of hydrogen-bond acceptors (Lipinski definition) is 5. The van der Waals surface area contributed by atoms with E-state index in [0.717, 1.165) is 0 Å². The highest BCUT2D eigenvalue weighted by Crippen LogP contribution is 1.56. The monoisotopic (exact) mass is 114 g/mol. The van der Waals surface area contributed by atoms with Gasteiger partial charge in [-0.1, -0.05) is 0 Å². The lowest BCUT2D eigenvalue weighted by molar-refractivity contribution is -0.846. The van der Waals surface area contributed by atoms with Crippen molar-refractivity contribution in [2.45, 2.75) is 0 Å². The van der Waals surface area contributed by atoms with E-state index in [1.54, 1.807) is 0 Å². The highest BCUT2D eigenvalue weighted by atomic mass is 17.3. The maximum atomic E-state index is 8.70. The quantitative estimate of drug-likeness (QED) is 0.255. The summed E-state index contributed by atoms with van der Waals surface area (Å²) in [7, 11) is 0. The van der Waals surface area contributed by atoms with Gasteiger partial charge >= 0.3 is 5.09 Å². The van der Waals surface area contributed by atoms with Crippen LogP contribution >= 0.6 is 0 Å². The number of rotatable bonds is 1. The summed E-state index contributed by atoms with van der Waals surface area (Å²) in [5, 5.41) is 14.3. The van der Waals surface area contributed by atoms with Gasteiger partial charge in [-0.15, -0.1) is 15.1 Å². The van der Waals surface area contributed by atoms with E-state index in [0.29, 0.717) is 0 Å². The average Bonchev–Trinajstić information content (AvgIpc) is 1.38. The zero-order valence-corrected chi connectivity index (χ0v) is 3.33. The van der Waals surface area contributed by atoms with Gasteiger partial charge in [0.15, 0.2) is 0 Å². The second kappa shape index (κ2) is 8.91. The third-order valence-electron chi connectivity index (χ3n) is 0.0667. The third-order valence-corrected chi connectivity index (χ3v) is 0.0667. The molecule has 7 heavy (non-hydrogen) atoms. The van der Waals surface area contributed by atoms with Crippen LogP contribution in [0.1, 0.15) is 0 Å². The Hall–Kier alpha value is -0.920. The van der Waals surface area contributed by atoms with Crippen LogP contribution in [0.5, 0.6) is 0 Å². The van der Waals surface area contributed by atoms with Crippen LogP contribution in [0.2, 0.25) is 0 Å². The molecule has 0 aromatic heterocycles. The zero-order chi connectivity index (χ0) is 4.28. The minimum Gasteiger partial charge on any atom is -0.412 e. The molecule has 0 rings (SSSR count). The summed E-state index contributed by atoms with van der Waals surface area (Å²) in [4.78, 5) is 11.2. The van der Waals surface area contributed by atoms with Gasteiger partial charge in [0.25, 0.3) is 0 Å². The van der Waals surface area contributed by atoms with Gasteiger partial charge in [0, 0.05) is 0 Å². The molecule has 0 aromatic rings. The second-order valence-corrected chi connectivity index (χ2v) is 0.305. The van der Waals surface area contributed by atoms with Gasteiger partial charge in [0.05, 0.1) is 0 Å². The lowest BCUT2D eigenvalue weighted by Crippen LogP contribution is -1.92. The number of nitrogens with zero attached hydrogens (tertiary/aromatic N) is 1. The zero-order valence-electron chi connectivity index (χ0n) is 3.33. The van der Waals surface area contributed by atoms with Crippen LogP contribution in [-0.2, 0) is 4.99 Å².